The van der Waals surface area contributed by atoms with E-state index in [0.29, 0.717) is 0 Å². The van der Waals surface area contributed by atoms with E-state index in [1.54, 1.807) is 12.1 Å². The maximum Gasteiger partial charge on any atom is 0.115 e. The van der Waals surface area contributed by atoms with E-state index < -0.39 is 0 Å². The van der Waals surface area contributed by atoms with E-state index in [-0.39, 0.29) is 5.75 Å². The van der Waals surface area contributed by atoms with Gasteiger partial charge in [-0.3, -0.25) is 0 Å². The number of rotatable bonds is 4. The molecule has 0 fully saturated rings. The average Bonchev–Trinajstić information content (AvgIpc) is 2.95. The fourth-order valence-corrected chi connectivity index (χ4v) is 2.27. The predicted molar refractivity (Wildman–Crippen MR) is 79.5 cm³/mol. The molecule has 1 aromatic heterocycles. The zero-order valence-corrected chi connectivity index (χ0v) is 11.1. The van der Waals surface area contributed by atoms with Crippen LogP contribution in [-0.4, -0.2) is 14.7 Å². The molecule has 0 saturated carbocycles. The molecule has 0 aliphatic rings. The van der Waals surface area contributed by atoms with E-state index in [1.807, 2.05) is 30.7 Å². The first-order valence-corrected chi connectivity index (χ1v) is 6.66. The molecule has 2 aromatic carbocycles. The van der Waals surface area contributed by atoms with E-state index in [1.165, 1.54) is 5.56 Å². The summed E-state index contributed by atoms with van der Waals surface area (Å²) in [7, 11) is 0. The lowest BCUT2D eigenvalue weighted by Crippen LogP contribution is -2.01. The number of hydrogen-bond donors (Lipinski definition) is 1. The summed E-state index contributed by atoms with van der Waals surface area (Å²) in [5, 5.41) is 9.35. The van der Waals surface area contributed by atoms with Crippen LogP contribution in [0, 0.1) is 0 Å². The fraction of sp³-hybridized carbons (Fsp3) is 0.118. The van der Waals surface area contributed by atoms with E-state index in [4.69, 9.17) is 0 Å². The molecule has 0 aliphatic heterocycles. The maximum absolute atomic E-state index is 9.35. The van der Waals surface area contributed by atoms with Crippen LogP contribution in [0.1, 0.15) is 5.56 Å². The second-order valence-electron chi connectivity index (χ2n) is 4.75. The molecule has 20 heavy (non-hydrogen) atoms. The Hall–Kier alpha value is -2.55. The molecule has 0 saturated heterocycles. The van der Waals surface area contributed by atoms with Crippen LogP contribution in [0.5, 0.6) is 5.75 Å². The van der Waals surface area contributed by atoms with Crippen LogP contribution < -0.4 is 0 Å². The molecule has 3 nitrogen and oxygen atoms in total. The summed E-state index contributed by atoms with van der Waals surface area (Å²) in [6.45, 7) is 0.889. The van der Waals surface area contributed by atoms with E-state index in [2.05, 4.69) is 33.8 Å². The summed E-state index contributed by atoms with van der Waals surface area (Å²) in [5.41, 5.74) is 3.45. The van der Waals surface area contributed by atoms with Crippen molar-refractivity contribution < 1.29 is 5.11 Å². The van der Waals surface area contributed by atoms with Gasteiger partial charge in [0.05, 0.1) is 18.2 Å². The zero-order chi connectivity index (χ0) is 13.8. The van der Waals surface area contributed by atoms with Crippen LogP contribution in [0.25, 0.3) is 11.3 Å². The van der Waals surface area contributed by atoms with Crippen molar-refractivity contribution in [1.29, 1.82) is 0 Å². The highest BCUT2D eigenvalue weighted by atomic mass is 16.3. The molecule has 0 radical (unpaired) electrons. The van der Waals surface area contributed by atoms with Gasteiger partial charge in [-0.1, -0.05) is 30.3 Å². The lowest BCUT2D eigenvalue weighted by atomic mass is 10.1. The van der Waals surface area contributed by atoms with Crippen molar-refractivity contribution in [2.45, 2.75) is 13.0 Å². The topological polar surface area (TPSA) is 38.1 Å². The molecule has 0 bridgehead atoms. The number of phenols is 1. The van der Waals surface area contributed by atoms with E-state index in [9.17, 15) is 5.11 Å². The third-order valence-corrected chi connectivity index (χ3v) is 3.36. The molecule has 100 valence electrons. The van der Waals surface area contributed by atoms with Gasteiger partial charge >= 0.3 is 0 Å². The Balaban J connectivity index is 1.78. The first kappa shape index (κ1) is 12.5. The van der Waals surface area contributed by atoms with Crippen LogP contribution in [-0.2, 0) is 13.0 Å². The van der Waals surface area contributed by atoms with Gasteiger partial charge in [0.2, 0.25) is 0 Å². The Morgan fingerprint density at radius 2 is 1.70 bits per heavy atom. The van der Waals surface area contributed by atoms with Crippen molar-refractivity contribution in [2.24, 2.45) is 0 Å². The minimum absolute atomic E-state index is 0.282. The van der Waals surface area contributed by atoms with Gasteiger partial charge in [-0.2, -0.15) is 0 Å². The molecular weight excluding hydrogens is 248 g/mol. The van der Waals surface area contributed by atoms with Gasteiger partial charge in [0, 0.05) is 12.1 Å². The smallest absolute Gasteiger partial charge is 0.115 e. The van der Waals surface area contributed by atoms with Crippen LogP contribution in [0.15, 0.2) is 67.1 Å². The standard InChI is InChI=1S/C17H16N2O/c20-16-8-6-15(7-9-16)17-12-18-13-19(17)11-10-14-4-2-1-3-5-14/h1-9,12-13,20H,10-11H2. The first-order valence-electron chi connectivity index (χ1n) is 6.66. The highest BCUT2D eigenvalue weighted by Gasteiger charge is 2.05. The molecule has 0 amide bonds. The quantitative estimate of drug-likeness (QED) is 0.783. The van der Waals surface area contributed by atoms with Crippen molar-refractivity contribution in [2.75, 3.05) is 0 Å². The van der Waals surface area contributed by atoms with Crippen LogP contribution in [0.2, 0.25) is 0 Å². The van der Waals surface area contributed by atoms with Crippen LogP contribution >= 0.6 is 0 Å². The largest absolute Gasteiger partial charge is 0.508 e. The maximum atomic E-state index is 9.35. The Morgan fingerprint density at radius 3 is 2.45 bits per heavy atom. The molecule has 1 heterocycles. The van der Waals surface area contributed by atoms with Gasteiger partial charge in [-0.15, -0.1) is 0 Å². The number of benzene rings is 2. The number of aryl methyl sites for hydroxylation is 2. The normalized spacial score (nSPS) is 10.6. The molecule has 3 heteroatoms. The summed E-state index contributed by atoms with van der Waals surface area (Å²) < 4.78 is 2.14. The van der Waals surface area contributed by atoms with Gasteiger partial charge in [-0.25, -0.2) is 4.98 Å². The summed E-state index contributed by atoms with van der Waals surface area (Å²) in [6, 6.07) is 17.6. The second-order valence-corrected chi connectivity index (χ2v) is 4.75. The lowest BCUT2D eigenvalue weighted by molar-refractivity contribution is 0.475. The molecule has 1 N–H and O–H groups in total. The Labute approximate surface area is 118 Å². The molecule has 0 unspecified atom stereocenters. The minimum Gasteiger partial charge on any atom is -0.508 e. The highest BCUT2D eigenvalue weighted by Crippen LogP contribution is 2.21. The zero-order valence-electron chi connectivity index (χ0n) is 11.1. The monoisotopic (exact) mass is 264 g/mol. The van der Waals surface area contributed by atoms with E-state index >= 15 is 0 Å². The van der Waals surface area contributed by atoms with Gasteiger partial charge < -0.3 is 9.67 Å². The first-order chi connectivity index (χ1) is 9.83. The highest BCUT2D eigenvalue weighted by molar-refractivity contribution is 5.59. The van der Waals surface area contributed by atoms with Gasteiger partial charge in [0.25, 0.3) is 0 Å². The van der Waals surface area contributed by atoms with Gasteiger partial charge in [0.15, 0.2) is 0 Å². The molecule has 3 aromatic rings. The summed E-state index contributed by atoms with van der Waals surface area (Å²) >= 11 is 0. The van der Waals surface area contributed by atoms with Crippen LogP contribution in [0.3, 0.4) is 0 Å². The molecule has 0 aliphatic carbocycles. The van der Waals surface area contributed by atoms with Crippen molar-refractivity contribution in [3.8, 4) is 17.0 Å². The third-order valence-electron chi connectivity index (χ3n) is 3.36. The number of aromatic nitrogens is 2. The molecule has 3 rings (SSSR count). The van der Waals surface area contributed by atoms with Gasteiger partial charge in [0.1, 0.15) is 5.75 Å². The molecule has 0 spiro atoms. The number of phenolic OH excluding ortho intramolecular Hbond substituents is 1. The van der Waals surface area contributed by atoms with E-state index in [0.717, 1.165) is 24.2 Å². The van der Waals surface area contributed by atoms with Crippen molar-refractivity contribution in [3.05, 3.63) is 72.7 Å². The summed E-state index contributed by atoms with van der Waals surface area (Å²) in [5.74, 6) is 0.282. The Bertz CT molecular complexity index is 672. The second kappa shape index (κ2) is 5.61. The van der Waals surface area contributed by atoms with Gasteiger partial charge in [-0.05, 0) is 36.2 Å². The van der Waals surface area contributed by atoms with Crippen LogP contribution in [0.4, 0.5) is 0 Å². The fourth-order valence-electron chi connectivity index (χ4n) is 2.27. The number of aromatic hydroxyl groups is 1. The summed E-state index contributed by atoms with van der Waals surface area (Å²) in [4.78, 5) is 4.23. The number of imidazole rings is 1. The predicted octanol–water partition coefficient (Wildman–Crippen LogP) is 3.50. The average molecular weight is 264 g/mol. The van der Waals surface area contributed by atoms with Crippen molar-refractivity contribution >= 4 is 0 Å². The molecule has 0 atom stereocenters. The Kier molecular flexibility index (Phi) is 3.50. The molecular formula is C17H16N2O. The van der Waals surface area contributed by atoms with Crippen molar-refractivity contribution in [3.63, 3.8) is 0 Å². The van der Waals surface area contributed by atoms with Crippen molar-refractivity contribution in [1.82, 2.24) is 9.55 Å². The lowest BCUT2D eigenvalue weighted by Gasteiger charge is -2.08. The minimum atomic E-state index is 0.282. The number of hydrogen-bond acceptors (Lipinski definition) is 2. The SMILES string of the molecule is Oc1ccc(-c2cncn2CCc2ccccc2)cc1. The summed E-state index contributed by atoms with van der Waals surface area (Å²) in [6.07, 6.45) is 4.69. The number of nitrogens with zero attached hydrogens (tertiary/aromatic N) is 2. The third kappa shape index (κ3) is 2.72. The Morgan fingerprint density at radius 1 is 0.950 bits per heavy atom.